The highest BCUT2D eigenvalue weighted by Gasteiger charge is 2.09. The summed E-state index contributed by atoms with van der Waals surface area (Å²) in [5.41, 5.74) is 0.984. The van der Waals surface area contributed by atoms with Crippen LogP contribution in [0.1, 0.15) is 6.42 Å². The molecule has 1 heterocycles. The van der Waals surface area contributed by atoms with Gasteiger partial charge >= 0.3 is 0 Å². The third-order valence-corrected chi connectivity index (χ3v) is 1.45. The molecular weight excluding hydrogens is 126 g/mol. The normalized spacial score (nSPS) is 16.8. The zero-order valence-electron chi connectivity index (χ0n) is 5.79. The maximum atomic E-state index is 10.1. The van der Waals surface area contributed by atoms with E-state index in [2.05, 4.69) is 6.72 Å². The molecule has 0 saturated carbocycles. The smallest absolute Gasteiger partial charge is 0.188 e. The van der Waals surface area contributed by atoms with Crippen molar-refractivity contribution in [3.63, 3.8) is 0 Å². The summed E-state index contributed by atoms with van der Waals surface area (Å²) in [5.74, 6) is 0. The standard InChI is InChI=1S/C8H10NO/c1-9-6-3-2-4-8(9)5-7-10/h2-4,7H,1,5-6H2/q+1. The molecule has 0 aromatic carbocycles. The highest BCUT2D eigenvalue weighted by Crippen LogP contribution is 2.04. The van der Waals surface area contributed by atoms with Gasteiger partial charge in [-0.05, 0) is 6.08 Å². The fourth-order valence-electron chi connectivity index (χ4n) is 0.872. The van der Waals surface area contributed by atoms with E-state index in [9.17, 15) is 4.79 Å². The highest BCUT2D eigenvalue weighted by atomic mass is 16.1. The van der Waals surface area contributed by atoms with Crippen molar-refractivity contribution in [3.8, 4) is 0 Å². The summed E-state index contributed by atoms with van der Waals surface area (Å²) in [7, 11) is 0. The number of carbonyl (C=O) groups is 1. The molecule has 0 N–H and O–H groups in total. The van der Waals surface area contributed by atoms with Crippen LogP contribution in [0.25, 0.3) is 0 Å². The average molecular weight is 136 g/mol. The van der Waals surface area contributed by atoms with Crippen LogP contribution >= 0.6 is 0 Å². The minimum absolute atomic E-state index is 0.466. The predicted molar refractivity (Wildman–Crippen MR) is 40.2 cm³/mol. The summed E-state index contributed by atoms with van der Waals surface area (Å²) in [5, 5.41) is 0. The first-order valence-corrected chi connectivity index (χ1v) is 3.22. The van der Waals surface area contributed by atoms with Gasteiger partial charge in [0.15, 0.2) is 12.2 Å². The average Bonchev–Trinajstić information content (AvgIpc) is 1.94. The van der Waals surface area contributed by atoms with E-state index < -0.39 is 0 Å². The maximum absolute atomic E-state index is 10.1. The van der Waals surface area contributed by atoms with Crippen molar-refractivity contribution < 1.29 is 9.37 Å². The molecule has 2 nitrogen and oxygen atoms in total. The van der Waals surface area contributed by atoms with Gasteiger partial charge in [-0.3, -0.25) is 0 Å². The Labute approximate surface area is 60.2 Å². The van der Waals surface area contributed by atoms with E-state index in [0.717, 1.165) is 18.5 Å². The first-order chi connectivity index (χ1) is 4.84. The molecule has 10 heavy (non-hydrogen) atoms. The van der Waals surface area contributed by atoms with E-state index in [1.165, 1.54) is 0 Å². The molecule has 0 atom stereocenters. The molecule has 0 spiro atoms. The van der Waals surface area contributed by atoms with Gasteiger partial charge < -0.3 is 4.79 Å². The van der Waals surface area contributed by atoms with Crippen molar-refractivity contribution in [1.82, 2.24) is 0 Å². The molecule has 0 aromatic heterocycles. The molecule has 0 radical (unpaired) electrons. The number of aldehydes is 1. The molecule has 1 aliphatic heterocycles. The van der Waals surface area contributed by atoms with Crippen molar-refractivity contribution in [3.05, 3.63) is 23.9 Å². The molecule has 0 unspecified atom stereocenters. The number of hydrogen-bond acceptors (Lipinski definition) is 1. The van der Waals surface area contributed by atoms with Crippen LogP contribution in [-0.2, 0) is 4.79 Å². The Morgan fingerprint density at radius 2 is 2.60 bits per heavy atom. The van der Waals surface area contributed by atoms with Gasteiger partial charge in [0.2, 0.25) is 0 Å². The molecule has 0 aliphatic carbocycles. The number of rotatable bonds is 2. The third kappa shape index (κ3) is 1.41. The lowest BCUT2D eigenvalue weighted by Crippen LogP contribution is -2.11. The maximum Gasteiger partial charge on any atom is 0.188 e. The minimum Gasteiger partial charge on any atom is -0.303 e. The van der Waals surface area contributed by atoms with Crippen LogP contribution in [0.5, 0.6) is 0 Å². The van der Waals surface area contributed by atoms with Crippen LogP contribution in [0, 0.1) is 0 Å². The topological polar surface area (TPSA) is 20.1 Å². The third-order valence-electron chi connectivity index (χ3n) is 1.45. The fourth-order valence-corrected chi connectivity index (χ4v) is 0.872. The Hall–Kier alpha value is -1.18. The zero-order valence-corrected chi connectivity index (χ0v) is 5.79. The van der Waals surface area contributed by atoms with Crippen molar-refractivity contribution in [2.45, 2.75) is 6.42 Å². The second-order valence-electron chi connectivity index (χ2n) is 2.18. The quantitative estimate of drug-likeness (QED) is 0.405. The van der Waals surface area contributed by atoms with E-state index in [-0.39, 0.29) is 0 Å². The van der Waals surface area contributed by atoms with Gasteiger partial charge in [0.25, 0.3) is 0 Å². The summed E-state index contributed by atoms with van der Waals surface area (Å²) < 4.78 is 1.81. The molecular formula is C8H10NO+. The van der Waals surface area contributed by atoms with Gasteiger partial charge in [-0.1, -0.05) is 6.08 Å². The van der Waals surface area contributed by atoms with Gasteiger partial charge in [-0.25, -0.2) is 4.58 Å². The number of allylic oxidation sites excluding steroid dienone is 3. The second kappa shape index (κ2) is 3.11. The number of hydrogen-bond donors (Lipinski definition) is 0. The second-order valence-corrected chi connectivity index (χ2v) is 2.18. The highest BCUT2D eigenvalue weighted by molar-refractivity contribution is 5.53. The molecule has 0 aromatic rings. The lowest BCUT2D eigenvalue weighted by Gasteiger charge is -2.01. The van der Waals surface area contributed by atoms with Gasteiger partial charge in [0.1, 0.15) is 13.0 Å². The van der Waals surface area contributed by atoms with Crippen LogP contribution < -0.4 is 0 Å². The summed E-state index contributed by atoms with van der Waals surface area (Å²) >= 11 is 0. The molecule has 0 bridgehead atoms. The summed E-state index contributed by atoms with van der Waals surface area (Å²) in [6.07, 6.45) is 7.21. The van der Waals surface area contributed by atoms with Crippen molar-refractivity contribution in [1.29, 1.82) is 0 Å². The van der Waals surface area contributed by atoms with E-state index in [1.54, 1.807) is 0 Å². The van der Waals surface area contributed by atoms with E-state index in [4.69, 9.17) is 0 Å². The Bertz CT molecular complexity index is 213. The Kier molecular flexibility index (Phi) is 2.15. The van der Waals surface area contributed by atoms with E-state index in [0.29, 0.717) is 6.42 Å². The summed E-state index contributed by atoms with van der Waals surface area (Å²) in [4.78, 5) is 10.1. The van der Waals surface area contributed by atoms with Crippen LogP contribution in [0.2, 0.25) is 0 Å². The molecule has 0 saturated heterocycles. The number of carbonyl (C=O) groups excluding carboxylic acids is 1. The van der Waals surface area contributed by atoms with Gasteiger partial charge in [-0.15, -0.1) is 0 Å². The summed E-state index contributed by atoms with van der Waals surface area (Å²) in [6, 6.07) is 0. The molecule has 0 fully saturated rings. The largest absolute Gasteiger partial charge is 0.303 e. The van der Waals surface area contributed by atoms with Crippen LogP contribution in [-0.4, -0.2) is 24.1 Å². The van der Waals surface area contributed by atoms with Gasteiger partial charge in [0, 0.05) is 6.08 Å². The predicted octanol–water partition coefficient (Wildman–Crippen LogP) is 0.742. The van der Waals surface area contributed by atoms with Gasteiger partial charge in [0.05, 0.1) is 6.42 Å². The first-order valence-electron chi connectivity index (χ1n) is 3.22. The fraction of sp³-hybridized carbons (Fsp3) is 0.250. The van der Waals surface area contributed by atoms with Crippen molar-refractivity contribution in [2.75, 3.05) is 6.54 Å². The molecule has 52 valence electrons. The zero-order chi connectivity index (χ0) is 7.40. The summed E-state index contributed by atoms with van der Waals surface area (Å²) in [6.45, 7) is 4.56. The van der Waals surface area contributed by atoms with Crippen LogP contribution in [0.3, 0.4) is 0 Å². The number of nitrogens with zero attached hydrogens (tertiary/aromatic N) is 1. The Balaban J connectivity index is 2.70. The monoisotopic (exact) mass is 136 g/mol. The molecule has 2 heteroatoms. The molecule has 0 amide bonds. The Morgan fingerprint density at radius 3 is 3.20 bits per heavy atom. The van der Waals surface area contributed by atoms with Crippen molar-refractivity contribution >= 4 is 13.0 Å². The lowest BCUT2D eigenvalue weighted by molar-refractivity contribution is -0.459. The van der Waals surface area contributed by atoms with E-state index in [1.807, 2.05) is 22.8 Å². The SMILES string of the molecule is C=[N+]1CC=CC=C1CC=O. The minimum atomic E-state index is 0.466. The molecule has 1 rings (SSSR count). The van der Waals surface area contributed by atoms with Crippen LogP contribution in [0.4, 0.5) is 0 Å². The van der Waals surface area contributed by atoms with E-state index >= 15 is 0 Å². The van der Waals surface area contributed by atoms with Gasteiger partial charge in [-0.2, -0.15) is 0 Å². The molecule has 1 aliphatic rings. The first kappa shape index (κ1) is 6.93. The lowest BCUT2D eigenvalue weighted by atomic mass is 10.2. The Morgan fingerprint density at radius 1 is 1.80 bits per heavy atom. The van der Waals surface area contributed by atoms with Crippen molar-refractivity contribution in [2.24, 2.45) is 0 Å². The van der Waals surface area contributed by atoms with Crippen LogP contribution in [0.15, 0.2) is 23.9 Å².